The highest BCUT2D eigenvalue weighted by molar-refractivity contribution is 6.05. The van der Waals surface area contributed by atoms with Gasteiger partial charge in [0.2, 0.25) is 5.91 Å². The molecule has 29 heavy (non-hydrogen) atoms. The Labute approximate surface area is 171 Å². The van der Waals surface area contributed by atoms with Crippen molar-refractivity contribution < 1.29 is 4.79 Å². The monoisotopic (exact) mass is 389 g/mol. The van der Waals surface area contributed by atoms with Gasteiger partial charge in [-0.15, -0.1) is 0 Å². The van der Waals surface area contributed by atoms with Gasteiger partial charge in [0.15, 0.2) is 5.96 Å². The summed E-state index contributed by atoms with van der Waals surface area (Å²) in [5.41, 5.74) is 18.9. The van der Waals surface area contributed by atoms with Crippen LogP contribution in [0.2, 0.25) is 0 Å². The number of benzene rings is 3. The van der Waals surface area contributed by atoms with E-state index in [-0.39, 0.29) is 11.9 Å². The molecule has 0 saturated carbocycles. The van der Waals surface area contributed by atoms with E-state index in [4.69, 9.17) is 17.2 Å². The first-order valence-corrected chi connectivity index (χ1v) is 9.70. The molecule has 3 aromatic rings. The lowest BCUT2D eigenvalue weighted by Gasteiger charge is -2.27. The predicted octanol–water partition coefficient (Wildman–Crippen LogP) is 2.75. The molecule has 0 bridgehead atoms. The third-order valence-corrected chi connectivity index (χ3v) is 4.79. The zero-order chi connectivity index (χ0) is 20.6. The highest BCUT2D eigenvalue weighted by atomic mass is 16.2. The van der Waals surface area contributed by atoms with E-state index in [0.29, 0.717) is 25.9 Å². The molecule has 6 nitrogen and oxygen atoms in total. The van der Waals surface area contributed by atoms with Crippen LogP contribution in [0.4, 0.5) is 5.69 Å². The maximum Gasteiger partial charge on any atom is 0.244 e. The van der Waals surface area contributed by atoms with Crippen LogP contribution in [-0.4, -0.2) is 24.5 Å². The van der Waals surface area contributed by atoms with Crippen molar-refractivity contribution in [2.75, 3.05) is 11.4 Å². The first-order chi connectivity index (χ1) is 14.1. The van der Waals surface area contributed by atoms with Gasteiger partial charge in [-0.05, 0) is 29.9 Å². The van der Waals surface area contributed by atoms with Crippen molar-refractivity contribution in [2.24, 2.45) is 22.2 Å². The molecule has 6 heteroatoms. The van der Waals surface area contributed by atoms with Gasteiger partial charge < -0.3 is 22.1 Å². The molecule has 0 aliphatic carbocycles. The lowest BCUT2D eigenvalue weighted by Crippen LogP contribution is -2.43. The van der Waals surface area contributed by atoms with Crippen LogP contribution in [0.5, 0.6) is 0 Å². The second-order valence-electron chi connectivity index (χ2n) is 6.96. The quantitative estimate of drug-likeness (QED) is 0.312. The number of anilines is 1. The van der Waals surface area contributed by atoms with E-state index in [1.807, 2.05) is 72.8 Å². The number of fused-ring (bicyclic) bond motifs is 1. The van der Waals surface area contributed by atoms with Crippen molar-refractivity contribution in [1.29, 1.82) is 0 Å². The highest BCUT2D eigenvalue weighted by Crippen LogP contribution is 2.28. The largest absolute Gasteiger partial charge is 0.370 e. The first-order valence-electron chi connectivity index (χ1n) is 9.70. The summed E-state index contributed by atoms with van der Waals surface area (Å²) in [7, 11) is 0. The number of hydrogen-bond donors (Lipinski definition) is 3. The smallest absolute Gasteiger partial charge is 0.244 e. The summed E-state index contributed by atoms with van der Waals surface area (Å²) < 4.78 is 0. The van der Waals surface area contributed by atoms with Gasteiger partial charge in [-0.1, -0.05) is 66.7 Å². The molecule has 6 N–H and O–H groups in total. The zero-order valence-corrected chi connectivity index (χ0v) is 16.4. The third kappa shape index (κ3) is 5.33. The molecule has 0 unspecified atom stereocenters. The standard InChI is InChI=1S/C23H27N5O/c24-20(13-7-15-27-23(25)26)22(29)28(16-17-8-2-1-3-9-17)21-14-6-11-18-10-4-5-12-19(18)21/h1-6,8-12,14,20H,7,13,15-16,24H2,(H4,25,26,27)/t20-/m0/s1. The summed E-state index contributed by atoms with van der Waals surface area (Å²) >= 11 is 0. The molecule has 150 valence electrons. The average Bonchev–Trinajstić information content (AvgIpc) is 2.74. The van der Waals surface area contributed by atoms with E-state index < -0.39 is 6.04 Å². The maximum absolute atomic E-state index is 13.3. The molecule has 1 amide bonds. The lowest BCUT2D eigenvalue weighted by atomic mass is 10.0. The fourth-order valence-corrected chi connectivity index (χ4v) is 3.33. The van der Waals surface area contributed by atoms with Gasteiger partial charge in [0.1, 0.15) is 0 Å². The van der Waals surface area contributed by atoms with E-state index in [2.05, 4.69) is 4.99 Å². The number of nitrogens with zero attached hydrogens (tertiary/aromatic N) is 2. The van der Waals surface area contributed by atoms with Crippen molar-refractivity contribution in [3.8, 4) is 0 Å². The zero-order valence-electron chi connectivity index (χ0n) is 16.4. The number of hydrogen-bond acceptors (Lipinski definition) is 3. The maximum atomic E-state index is 13.3. The minimum atomic E-state index is -0.633. The normalized spacial score (nSPS) is 11.8. The molecule has 0 aliphatic rings. The molecule has 0 spiro atoms. The van der Waals surface area contributed by atoms with Gasteiger partial charge >= 0.3 is 0 Å². The fourth-order valence-electron chi connectivity index (χ4n) is 3.33. The van der Waals surface area contributed by atoms with Crippen molar-refractivity contribution >= 4 is 28.3 Å². The number of aliphatic imine (C=N–C) groups is 1. The summed E-state index contributed by atoms with van der Waals surface area (Å²) in [6.45, 7) is 0.908. The van der Waals surface area contributed by atoms with Crippen LogP contribution in [0.1, 0.15) is 18.4 Å². The molecule has 0 saturated heterocycles. The SMILES string of the molecule is NC(N)=NCCC[C@H](N)C(=O)N(Cc1ccccc1)c1cccc2ccccc12. The second-order valence-corrected chi connectivity index (χ2v) is 6.96. The van der Waals surface area contributed by atoms with Crippen molar-refractivity contribution in [3.05, 3.63) is 78.4 Å². The Morgan fingerprint density at radius 2 is 1.62 bits per heavy atom. The van der Waals surface area contributed by atoms with Gasteiger partial charge in [0.05, 0.1) is 18.3 Å². The number of rotatable bonds is 8. The average molecular weight is 390 g/mol. The lowest BCUT2D eigenvalue weighted by molar-refractivity contribution is -0.120. The molecular formula is C23H27N5O. The van der Waals surface area contributed by atoms with Gasteiger partial charge in [0.25, 0.3) is 0 Å². The Bertz CT molecular complexity index is 977. The number of guanidine groups is 1. The Morgan fingerprint density at radius 3 is 2.38 bits per heavy atom. The summed E-state index contributed by atoms with van der Waals surface area (Å²) in [6.07, 6.45) is 1.14. The van der Waals surface area contributed by atoms with Gasteiger partial charge in [-0.25, -0.2) is 0 Å². The Balaban J connectivity index is 1.88. The number of carbonyl (C=O) groups is 1. The van der Waals surface area contributed by atoms with Crippen LogP contribution >= 0.6 is 0 Å². The number of carbonyl (C=O) groups excluding carboxylic acids is 1. The molecule has 0 radical (unpaired) electrons. The van der Waals surface area contributed by atoms with Crippen LogP contribution in [0.3, 0.4) is 0 Å². The molecule has 0 fully saturated rings. The van der Waals surface area contributed by atoms with E-state index in [0.717, 1.165) is 22.0 Å². The number of amides is 1. The molecule has 0 heterocycles. The molecule has 3 rings (SSSR count). The highest BCUT2D eigenvalue weighted by Gasteiger charge is 2.23. The molecule has 0 aliphatic heterocycles. The molecule has 1 atom stereocenters. The van der Waals surface area contributed by atoms with E-state index >= 15 is 0 Å². The molecule has 3 aromatic carbocycles. The van der Waals surface area contributed by atoms with E-state index in [1.165, 1.54) is 0 Å². The van der Waals surface area contributed by atoms with Crippen LogP contribution in [0.25, 0.3) is 10.8 Å². The fraction of sp³-hybridized carbons (Fsp3) is 0.217. The van der Waals surface area contributed by atoms with Crippen LogP contribution in [-0.2, 0) is 11.3 Å². The second kappa shape index (κ2) is 9.71. The van der Waals surface area contributed by atoms with Crippen molar-refractivity contribution in [2.45, 2.75) is 25.4 Å². The Kier molecular flexibility index (Phi) is 6.81. The van der Waals surface area contributed by atoms with Crippen LogP contribution in [0.15, 0.2) is 77.8 Å². The predicted molar refractivity (Wildman–Crippen MR) is 119 cm³/mol. The summed E-state index contributed by atoms with van der Waals surface area (Å²) in [4.78, 5) is 19.1. The minimum Gasteiger partial charge on any atom is -0.370 e. The van der Waals surface area contributed by atoms with Crippen LogP contribution in [0, 0.1) is 0 Å². The van der Waals surface area contributed by atoms with Gasteiger partial charge in [-0.3, -0.25) is 9.79 Å². The number of nitrogens with two attached hydrogens (primary N) is 3. The van der Waals surface area contributed by atoms with E-state index in [9.17, 15) is 4.79 Å². The first kappa shape index (κ1) is 20.4. The minimum absolute atomic E-state index is 0.0476. The Hall–Kier alpha value is -3.38. The van der Waals surface area contributed by atoms with Gasteiger partial charge in [-0.2, -0.15) is 0 Å². The topological polar surface area (TPSA) is 111 Å². The van der Waals surface area contributed by atoms with Crippen molar-refractivity contribution in [1.82, 2.24) is 0 Å². The molecule has 0 aromatic heterocycles. The van der Waals surface area contributed by atoms with Gasteiger partial charge in [0, 0.05) is 11.9 Å². The molecular weight excluding hydrogens is 362 g/mol. The summed E-state index contributed by atoms with van der Waals surface area (Å²) in [5.74, 6) is -0.0683. The van der Waals surface area contributed by atoms with E-state index in [1.54, 1.807) is 4.90 Å². The van der Waals surface area contributed by atoms with Crippen LogP contribution < -0.4 is 22.1 Å². The van der Waals surface area contributed by atoms with Crippen molar-refractivity contribution in [3.63, 3.8) is 0 Å². The third-order valence-electron chi connectivity index (χ3n) is 4.79. The summed E-state index contributed by atoms with van der Waals surface area (Å²) in [5, 5.41) is 2.10. The summed E-state index contributed by atoms with van der Waals surface area (Å²) in [6, 6.07) is 23.3. The Morgan fingerprint density at radius 1 is 0.931 bits per heavy atom.